The highest BCUT2D eigenvalue weighted by molar-refractivity contribution is 5.91. The molecule has 21 heavy (non-hydrogen) atoms. The summed E-state index contributed by atoms with van der Waals surface area (Å²) in [5.74, 6) is -1.03. The Morgan fingerprint density at radius 2 is 2.14 bits per heavy atom. The van der Waals surface area contributed by atoms with Gasteiger partial charge in [-0.3, -0.25) is 10.1 Å². The average molecular weight is 288 g/mol. The van der Waals surface area contributed by atoms with Crippen molar-refractivity contribution in [3.8, 4) is 11.6 Å². The van der Waals surface area contributed by atoms with Gasteiger partial charge >= 0.3 is 5.97 Å². The molecule has 0 saturated heterocycles. The van der Waals surface area contributed by atoms with E-state index in [1.54, 1.807) is 12.1 Å². The van der Waals surface area contributed by atoms with Gasteiger partial charge in [-0.1, -0.05) is 25.1 Å². The second kappa shape index (κ2) is 6.00. The van der Waals surface area contributed by atoms with E-state index >= 15 is 0 Å². The van der Waals surface area contributed by atoms with E-state index in [0.717, 1.165) is 17.8 Å². The maximum Gasteiger partial charge on any atom is 0.341 e. The van der Waals surface area contributed by atoms with E-state index in [0.29, 0.717) is 12.2 Å². The number of aryl methyl sites for hydroxylation is 1. The number of benzene rings is 1. The Kier molecular flexibility index (Phi) is 4.13. The van der Waals surface area contributed by atoms with E-state index < -0.39 is 16.6 Å². The highest BCUT2D eigenvalue weighted by atomic mass is 16.6. The number of nitrogens with zero attached hydrogens (tertiary/aromatic N) is 2. The van der Waals surface area contributed by atoms with E-state index in [1.165, 1.54) is 0 Å². The lowest BCUT2D eigenvalue weighted by Crippen LogP contribution is -2.04. The molecule has 7 heteroatoms. The number of aromatic carboxylic acids is 1. The second-order valence-corrected chi connectivity index (χ2v) is 4.17. The molecule has 1 aromatic heterocycles. The molecule has 2 aromatic rings. The topological polar surface area (TPSA) is 103 Å². The number of hydrogen-bond donors (Lipinski definition) is 1. The van der Waals surface area contributed by atoms with Crippen molar-refractivity contribution in [2.75, 3.05) is 0 Å². The molecule has 0 saturated carbocycles. The molecule has 108 valence electrons. The maximum absolute atomic E-state index is 11.2. The summed E-state index contributed by atoms with van der Waals surface area (Å²) in [5, 5.41) is 19.8. The molecule has 0 radical (unpaired) electrons. The summed E-state index contributed by atoms with van der Waals surface area (Å²) in [6.07, 6.45) is 1.67. The Morgan fingerprint density at radius 3 is 2.76 bits per heavy atom. The Balaban J connectivity index is 2.44. The number of pyridine rings is 1. The first-order valence-corrected chi connectivity index (χ1v) is 6.16. The molecular weight excluding hydrogens is 276 g/mol. The molecule has 0 bridgehead atoms. The number of hydrogen-bond acceptors (Lipinski definition) is 5. The zero-order chi connectivity index (χ0) is 15.4. The van der Waals surface area contributed by atoms with Gasteiger partial charge in [-0.05, 0) is 18.1 Å². The van der Waals surface area contributed by atoms with Crippen LogP contribution in [-0.2, 0) is 6.42 Å². The zero-order valence-corrected chi connectivity index (χ0v) is 11.1. The van der Waals surface area contributed by atoms with Gasteiger partial charge in [0.15, 0.2) is 0 Å². The predicted molar refractivity (Wildman–Crippen MR) is 73.7 cm³/mol. The van der Waals surface area contributed by atoms with Gasteiger partial charge in [0.2, 0.25) is 5.88 Å². The number of carbonyl (C=O) groups is 1. The summed E-state index contributed by atoms with van der Waals surface area (Å²) in [6, 6.07) is 8.06. The molecule has 0 atom stereocenters. The van der Waals surface area contributed by atoms with Gasteiger partial charge in [-0.25, -0.2) is 9.78 Å². The highest BCUT2D eigenvalue weighted by Gasteiger charge is 2.19. The zero-order valence-electron chi connectivity index (χ0n) is 11.1. The number of ether oxygens (including phenoxy) is 1. The molecule has 0 aliphatic heterocycles. The molecule has 0 aliphatic carbocycles. The number of nitro groups is 1. The number of rotatable bonds is 5. The van der Waals surface area contributed by atoms with Crippen LogP contribution in [0.25, 0.3) is 0 Å². The van der Waals surface area contributed by atoms with E-state index in [1.807, 2.05) is 19.1 Å². The average Bonchev–Trinajstić information content (AvgIpc) is 2.47. The second-order valence-electron chi connectivity index (χ2n) is 4.17. The number of carboxylic acid groups (broad SMARTS) is 1. The molecule has 0 unspecified atom stereocenters. The lowest BCUT2D eigenvalue weighted by molar-refractivity contribution is -0.385. The van der Waals surface area contributed by atoms with Crippen LogP contribution in [0.4, 0.5) is 5.69 Å². The van der Waals surface area contributed by atoms with Gasteiger partial charge in [0, 0.05) is 6.07 Å². The van der Waals surface area contributed by atoms with Gasteiger partial charge in [0.1, 0.15) is 17.5 Å². The molecule has 1 aromatic carbocycles. The summed E-state index contributed by atoms with van der Waals surface area (Å²) < 4.78 is 5.51. The van der Waals surface area contributed by atoms with E-state index in [9.17, 15) is 14.9 Å². The van der Waals surface area contributed by atoms with Gasteiger partial charge in [-0.2, -0.15) is 0 Å². The predicted octanol–water partition coefficient (Wildman–Crippen LogP) is 3.04. The maximum atomic E-state index is 11.2. The van der Waals surface area contributed by atoms with Crippen LogP contribution >= 0.6 is 0 Å². The molecule has 2 rings (SSSR count). The fourth-order valence-electron chi connectivity index (χ4n) is 1.78. The van der Waals surface area contributed by atoms with E-state index in [2.05, 4.69) is 4.98 Å². The third kappa shape index (κ3) is 3.14. The van der Waals surface area contributed by atoms with Crippen LogP contribution in [0, 0.1) is 10.1 Å². The summed E-state index contributed by atoms with van der Waals surface area (Å²) in [6.45, 7) is 1.93. The van der Waals surface area contributed by atoms with Crippen molar-refractivity contribution >= 4 is 11.7 Å². The van der Waals surface area contributed by atoms with E-state index in [4.69, 9.17) is 9.84 Å². The van der Waals surface area contributed by atoms with Crippen LogP contribution in [0.1, 0.15) is 22.8 Å². The SMILES string of the molecule is CCc1ccccc1Oc1ncc([N+](=O)[O-])cc1C(=O)O. The molecule has 0 fully saturated rings. The first-order chi connectivity index (χ1) is 10.0. The third-order valence-corrected chi connectivity index (χ3v) is 2.84. The van der Waals surface area contributed by atoms with Crippen molar-refractivity contribution in [1.29, 1.82) is 0 Å². The van der Waals surface area contributed by atoms with Crippen molar-refractivity contribution in [1.82, 2.24) is 4.98 Å². The Hall–Kier alpha value is -2.96. The van der Waals surface area contributed by atoms with Crippen LogP contribution in [0.2, 0.25) is 0 Å². The minimum Gasteiger partial charge on any atom is -0.477 e. The van der Waals surface area contributed by atoms with Crippen molar-refractivity contribution in [2.45, 2.75) is 13.3 Å². The van der Waals surface area contributed by atoms with Gasteiger partial charge < -0.3 is 9.84 Å². The first kappa shape index (κ1) is 14.4. The smallest absolute Gasteiger partial charge is 0.341 e. The summed E-state index contributed by atoms with van der Waals surface area (Å²) in [7, 11) is 0. The minimum absolute atomic E-state index is 0.172. The van der Waals surface area contributed by atoms with Crippen molar-refractivity contribution in [2.24, 2.45) is 0 Å². The summed E-state index contributed by atoms with van der Waals surface area (Å²) in [5.41, 5.74) is 0.132. The Bertz CT molecular complexity index is 700. The molecule has 0 spiro atoms. The highest BCUT2D eigenvalue weighted by Crippen LogP contribution is 2.28. The van der Waals surface area contributed by atoms with Crippen LogP contribution in [0.15, 0.2) is 36.5 Å². The molecule has 0 aliphatic rings. The normalized spacial score (nSPS) is 10.1. The molecular formula is C14H12N2O5. The van der Waals surface area contributed by atoms with Crippen LogP contribution in [0.5, 0.6) is 11.6 Å². The standard InChI is InChI=1S/C14H12N2O5/c1-2-9-5-3-4-6-12(9)21-13-11(14(17)18)7-10(8-15-13)16(19)20/h3-8H,2H2,1H3,(H,17,18). The molecule has 7 nitrogen and oxygen atoms in total. The summed E-state index contributed by atoms with van der Waals surface area (Å²) >= 11 is 0. The third-order valence-electron chi connectivity index (χ3n) is 2.84. The summed E-state index contributed by atoms with van der Waals surface area (Å²) in [4.78, 5) is 24.9. The first-order valence-electron chi connectivity index (χ1n) is 6.16. The van der Waals surface area contributed by atoms with Gasteiger partial charge in [-0.15, -0.1) is 0 Å². The van der Waals surface area contributed by atoms with Crippen LogP contribution in [0.3, 0.4) is 0 Å². The number of aromatic nitrogens is 1. The quantitative estimate of drug-likeness (QED) is 0.670. The fourth-order valence-corrected chi connectivity index (χ4v) is 1.78. The van der Waals surface area contributed by atoms with Crippen LogP contribution < -0.4 is 4.74 Å². The van der Waals surface area contributed by atoms with Crippen molar-refractivity contribution < 1.29 is 19.6 Å². The fraction of sp³-hybridized carbons (Fsp3) is 0.143. The van der Waals surface area contributed by atoms with Crippen LogP contribution in [-0.4, -0.2) is 21.0 Å². The Labute approximate surface area is 120 Å². The lowest BCUT2D eigenvalue weighted by atomic mass is 10.1. The number of carboxylic acids is 1. The van der Waals surface area contributed by atoms with Gasteiger partial charge in [0.25, 0.3) is 5.69 Å². The molecule has 1 N–H and O–H groups in total. The largest absolute Gasteiger partial charge is 0.477 e. The van der Waals surface area contributed by atoms with Crippen molar-refractivity contribution in [3.63, 3.8) is 0 Å². The van der Waals surface area contributed by atoms with Crippen molar-refractivity contribution in [3.05, 3.63) is 57.8 Å². The molecule has 0 amide bonds. The van der Waals surface area contributed by atoms with E-state index in [-0.39, 0.29) is 11.4 Å². The molecule has 1 heterocycles. The monoisotopic (exact) mass is 288 g/mol. The lowest BCUT2D eigenvalue weighted by Gasteiger charge is -2.10. The minimum atomic E-state index is -1.34. The Morgan fingerprint density at radius 1 is 1.43 bits per heavy atom. The van der Waals surface area contributed by atoms with Gasteiger partial charge in [0.05, 0.1) is 4.92 Å². The number of para-hydroxylation sites is 1.